The first kappa shape index (κ1) is 26.1. The van der Waals surface area contributed by atoms with Crippen LogP contribution in [0.15, 0.2) is 101 Å². The molecule has 0 bridgehead atoms. The molecule has 198 valence electrons. The van der Waals surface area contributed by atoms with E-state index in [1.807, 2.05) is 29.0 Å². The number of para-hydroxylation sites is 1. The Morgan fingerprint density at radius 1 is 0.949 bits per heavy atom. The molecule has 0 saturated carbocycles. The summed E-state index contributed by atoms with van der Waals surface area (Å²) >= 11 is 0. The van der Waals surface area contributed by atoms with E-state index in [4.69, 9.17) is 4.42 Å². The third kappa shape index (κ3) is 5.65. The monoisotopic (exact) mass is 547 g/mol. The van der Waals surface area contributed by atoms with Gasteiger partial charge in [-0.15, -0.1) is 0 Å². The van der Waals surface area contributed by atoms with Gasteiger partial charge in [-0.2, -0.15) is 0 Å². The summed E-state index contributed by atoms with van der Waals surface area (Å²) in [6, 6.07) is 18.2. The summed E-state index contributed by atoms with van der Waals surface area (Å²) in [5, 5.41) is 3.45. The van der Waals surface area contributed by atoms with Crippen molar-refractivity contribution in [3.05, 3.63) is 120 Å². The van der Waals surface area contributed by atoms with E-state index in [0.717, 1.165) is 23.6 Å². The van der Waals surface area contributed by atoms with E-state index < -0.39 is 33.7 Å². The molecule has 0 aliphatic carbocycles. The summed E-state index contributed by atoms with van der Waals surface area (Å²) in [4.78, 5) is 17.5. The van der Waals surface area contributed by atoms with Gasteiger partial charge in [0.25, 0.3) is 10.0 Å². The first-order valence-corrected chi connectivity index (χ1v) is 13.4. The molecule has 0 spiro atoms. The molecule has 0 unspecified atom stereocenters. The van der Waals surface area contributed by atoms with Crippen molar-refractivity contribution in [1.29, 1.82) is 0 Å². The van der Waals surface area contributed by atoms with Gasteiger partial charge in [-0.1, -0.05) is 42.5 Å². The largest absolute Gasteiger partial charge is 0.464 e. The van der Waals surface area contributed by atoms with Crippen molar-refractivity contribution in [1.82, 2.24) is 15.0 Å². The number of pyridine rings is 1. The lowest BCUT2D eigenvalue weighted by Crippen LogP contribution is -2.42. The lowest BCUT2D eigenvalue weighted by molar-refractivity contribution is 0.242. The number of furan rings is 1. The van der Waals surface area contributed by atoms with Crippen LogP contribution in [0.1, 0.15) is 22.9 Å². The number of carbonyl (C=O) groups excluding carboxylic acids is 1. The molecule has 5 aromatic rings. The number of aryl methyl sites for hydroxylation is 1. The van der Waals surface area contributed by atoms with Gasteiger partial charge in [-0.3, -0.25) is 4.98 Å². The van der Waals surface area contributed by atoms with Crippen LogP contribution in [-0.2, 0) is 16.4 Å². The van der Waals surface area contributed by atoms with E-state index in [2.05, 4.69) is 10.3 Å². The number of hydrogen-bond acceptors (Lipinski definition) is 5. The number of urea groups is 1. The second-order valence-corrected chi connectivity index (χ2v) is 10.6. The van der Waals surface area contributed by atoms with E-state index >= 15 is 0 Å². The first-order valence-electron chi connectivity index (χ1n) is 12.0. The van der Waals surface area contributed by atoms with E-state index in [9.17, 15) is 22.0 Å². The first-order chi connectivity index (χ1) is 18.7. The maximum Gasteiger partial charge on any atom is 0.329 e. The Morgan fingerprint density at radius 3 is 2.44 bits per heavy atom. The summed E-state index contributed by atoms with van der Waals surface area (Å²) in [5.41, 5.74) is 3.00. The fourth-order valence-corrected chi connectivity index (χ4v) is 5.68. The lowest BCUT2D eigenvalue weighted by Gasteiger charge is -2.21. The Morgan fingerprint density at radius 2 is 1.67 bits per heavy atom. The Labute approximate surface area is 223 Å². The summed E-state index contributed by atoms with van der Waals surface area (Å²) in [6.07, 6.45) is 3.00. The highest BCUT2D eigenvalue weighted by atomic mass is 32.2. The van der Waals surface area contributed by atoms with Crippen molar-refractivity contribution in [2.75, 3.05) is 0 Å². The zero-order chi connectivity index (χ0) is 27.6. The fourth-order valence-electron chi connectivity index (χ4n) is 4.51. The van der Waals surface area contributed by atoms with Crippen LogP contribution in [0.2, 0.25) is 0 Å². The minimum atomic E-state index is -4.20. The Kier molecular flexibility index (Phi) is 7.12. The van der Waals surface area contributed by atoms with Gasteiger partial charge in [0.05, 0.1) is 22.9 Å². The molecule has 39 heavy (non-hydrogen) atoms. The molecule has 3 aromatic carbocycles. The quantitative estimate of drug-likeness (QED) is 0.258. The van der Waals surface area contributed by atoms with Gasteiger partial charge < -0.3 is 9.73 Å². The predicted octanol–water partition coefficient (Wildman–Crippen LogP) is 6.05. The van der Waals surface area contributed by atoms with Crippen LogP contribution >= 0.6 is 0 Å². The SMILES string of the molecule is Cc1ccccc1S(=O)(=O)NC(=O)N[C@@H](Cc1cc(F)cc(F)c1)c1ncccc1-c1coc2ccccc12. The molecular formula is C29H23F2N3O4S. The minimum absolute atomic E-state index is 0.0488. The molecule has 2 aromatic heterocycles. The molecule has 7 nitrogen and oxygen atoms in total. The Bertz CT molecular complexity index is 1770. The standard InChI is InChI=1S/C29H23F2N3O4S/c1-18-7-2-5-11-27(18)39(36,37)34-29(35)33-25(15-19-13-20(30)16-21(31)14-19)28-23(9-6-12-32-28)24-17-38-26-10-4-3-8-22(24)26/h2-14,16-17,25H,15H2,1H3,(H2,33,34,35)/t25-/m0/s1. The fraction of sp³-hybridized carbons (Fsp3) is 0.103. The van der Waals surface area contributed by atoms with Crippen LogP contribution < -0.4 is 10.0 Å². The summed E-state index contributed by atoms with van der Waals surface area (Å²) < 4.78 is 61.6. The van der Waals surface area contributed by atoms with Gasteiger partial charge in [0.1, 0.15) is 17.2 Å². The van der Waals surface area contributed by atoms with Crippen LogP contribution in [0, 0.1) is 18.6 Å². The van der Waals surface area contributed by atoms with Gasteiger partial charge in [0.15, 0.2) is 0 Å². The van der Waals surface area contributed by atoms with Gasteiger partial charge in [-0.25, -0.2) is 26.7 Å². The summed E-state index contributed by atoms with van der Waals surface area (Å²) in [6.45, 7) is 1.61. The van der Waals surface area contributed by atoms with Crippen LogP contribution in [0.3, 0.4) is 0 Å². The number of amides is 2. The number of aromatic nitrogens is 1. The number of sulfonamides is 1. The smallest absolute Gasteiger partial charge is 0.329 e. The van der Waals surface area contributed by atoms with Crippen molar-refractivity contribution in [2.24, 2.45) is 0 Å². The number of fused-ring (bicyclic) bond motifs is 1. The van der Waals surface area contributed by atoms with E-state index in [1.54, 1.807) is 43.5 Å². The highest BCUT2D eigenvalue weighted by molar-refractivity contribution is 7.90. The molecule has 5 rings (SSSR count). The van der Waals surface area contributed by atoms with E-state index in [1.165, 1.54) is 12.3 Å². The van der Waals surface area contributed by atoms with Crippen LogP contribution in [0.4, 0.5) is 13.6 Å². The second kappa shape index (κ2) is 10.7. The molecule has 2 amide bonds. The number of hydrogen-bond donors (Lipinski definition) is 2. The molecule has 10 heteroatoms. The topological polar surface area (TPSA) is 101 Å². The normalized spacial score (nSPS) is 12.3. The number of rotatable bonds is 7. The number of nitrogens with zero attached hydrogens (tertiary/aromatic N) is 1. The van der Waals surface area contributed by atoms with Gasteiger partial charge >= 0.3 is 6.03 Å². The number of benzene rings is 3. The molecule has 0 aliphatic rings. The molecular weight excluding hydrogens is 524 g/mol. The zero-order valence-electron chi connectivity index (χ0n) is 20.7. The average molecular weight is 548 g/mol. The molecule has 0 aliphatic heterocycles. The predicted molar refractivity (Wildman–Crippen MR) is 142 cm³/mol. The third-order valence-corrected chi connectivity index (χ3v) is 7.71. The van der Waals surface area contributed by atoms with Crippen molar-refractivity contribution in [3.63, 3.8) is 0 Å². The maximum absolute atomic E-state index is 14.0. The minimum Gasteiger partial charge on any atom is -0.464 e. The molecule has 2 N–H and O–H groups in total. The van der Waals surface area contributed by atoms with Crippen molar-refractivity contribution in [3.8, 4) is 11.1 Å². The maximum atomic E-state index is 14.0. The van der Waals surface area contributed by atoms with Gasteiger partial charge in [0, 0.05) is 28.8 Å². The number of halogens is 2. The molecule has 0 fully saturated rings. The number of nitrogens with one attached hydrogen (secondary N) is 2. The highest BCUT2D eigenvalue weighted by Gasteiger charge is 2.26. The second-order valence-electron chi connectivity index (χ2n) is 8.96. The molecule has 0 radical (unpaired) electrons. The van der Waals surface area contributed by atoms with Crippen molar-refractivity contribution in [2.45, 2.75) is 24.3 Å². The molecule has 1 atom stereocenters. The summed E-state index contributed by atoms with van der Waals surface area (Å²) in [5.74, 6) is -1.56. The van der Waals surface area contributed by atoms with Crippen molar-refractivity contribution < 1.29 is 26.4 Å². The van der Waals surface area contributed by atoms with E-state index in [-0.39, 0.29) is 16.9 Å². The van der Waals surface area contributed by atoms with E-state index in [0.29, 0.717) is 28.0 Å². The van der Waals surface area contributed by atoms with Crippen molar-refractivity contribution >= 4 is 27.0 Å². The Hall–Kier alpha value is -4.57. The average Bonchev–Trinajstić information content (AvgIpc) is 3.32. The van der Waals surface area contributed by atoms with Crippen LogP contribution in [-0.4, -0.2) is 19.4 Å². The Balaban J connectivity index is 1.54. The highest BCUT2D eigenvalue weighted by Crippen LogP contribution is 2.35. The number of carbonyl (C=O) groups is 1. The zero-order valence-corrected chi connectivity index (χ0v) is 21.5. The lowest BCUT2D eigenvalue weighted by atomic mass is 9.95. The summed E-state index contributed by atoms with van der Waals surface area (Å²) in [7, 11) is -4.20. The van der Waals surface area contributed by atoms with Crippen LogP contribution in [0.25, 0.3) is 22.1 Å². The van der Waals surface area contributed by atoms with Gasteiger partial charge in [0.2, 0.25) is 0 Å². The third-order valence-electron chi connectivity index (χ3n) is 6.22. The molecule has 0 saturated heterocycles. The molecule has 2 heterocycles. The van der Waals surface area contributed by atoms with Crippen LogP contribution in [0.5, 0.6) is 0 Å². The van der Waals surface area contributed by atoms with Gasteiger partial charge in [-0.05, 0) is 54.8 Å².